The van der Waals surface area contributed by atoms with E-state index < -0.39 is 30.1 Å². The lowest BCUT2D eigenvalue weighted by Gasteiger charge is -2.19. The number of benzene rings is 2. The zero-order valence-corrected chi connectivity index (χ0v) is 17.8. The van der Waals surface area contributed by atoms with E-state index in [9.17, 15) is 19.5 Å². The van der Waals surface area contributed by atoms with Gasteiger partial charge in [-0.15, -0.1) is 0 Å². The molecule has 8 nitrogen and oxygen atoms in total. The maximum Gasteiger partial charge on any atom is 0.407 e. The third kappa shape index (κ3) is 8.10. The zero-order chi connectivity index (χ0) is 22.8. The molecule has 0 aliphatic heterocycles. The summed E-state index contributed by atoms with van der Waals surface area (Å²) in [6, 6.07) is 14.0. The fourth-order valence-corrected chi connectivity index (χ4v) is 3.11. The molecule has 166 valence electrons. The number of hydrogen-bond donors (Lipinski definition) is 4. The van der Waals surface area contributed by atoms with Gasteiger partial charge in [0.15, 0.2) is 0 Å². The van der Waals surface area contributed by atoms with Crippen molar-refractivity contribution in [3.63, 3.8) is 0 Å². The predicted octanol–water partition coefficient (Wildman–Crippen LogP) is 1.49. The van der Waals surface area contributed by atoms with E-state index >= 15 is 0 Å². The molecule has 3 amide bonds. The summed E-state index contributed by atoms with van der Waals surface area (Å²) < 4.78 is 5.05. The van der Waals surface area contributed by atoms with Crippen molar-refractivity contribution >= 4 is 17.9 Å². The van der Waals surface area contributed by atoms with Gasteiger partial charge in [-0.3, -0.25) is 9.59 Å². The van der Waals surface area contributed by atoms with Crippen LogP contribution in [0.5, 0.6) is 0 Å². The Kier molecular flexibility index (Phi) is 9.02. The fourth-order valence-electron chi connectivity index (χ4n) is 3.11. The van der Waals surface area contributed by atoms with Gasteiger partial charge in [-0.05, 0) is 36.1 Å². The number of rotatable bonds is 10. The van der Waals surface area contributed by atoms with Crippen molar-refractivity contribution in [2.75, 3.05) is 6.54 Å². The Morgan fingerprint density at radius 1 is 1.03 bits per heavy atom. The topological polar surface area (TPSA) is 131 Å². The number of hydrogen-bond acceptors (Lipinski definition) is 5. The van der Waals surface area contributed by atoms with E-state index in [1.54, 1.807) is 0 Å². The summed E-state index contributed by atoms with van der Waals surface area (Å²) in [5.41, 5.74) is 9.22. The first-order chi connectivity index (χ1) is 14.8. The molecular formula is C23H29N3O5. The summed E-state index contributed by atoms with van der Waals surface area (Å²) in [7, 11) is 0. The number of aliphatic hydroxyl groups is 1. The lowest BCUT2D eigenvalue weighted by Crippen LogP contribution is -2.47. The van der Waals surface area contributed by atoms with E-state index in [0.717, 1.165) is 22.3 Å². The Labute approximate surface area is 181 Å². The molecule has 0 aliphatic carbocycles. The minimum Gasteiger partial charge on any atom is -0.445 e. The molecule has 0 fully saturated rings. The lowest BCUT2D eigenvalue weighted by atomic mass is 9.96. The molecule has 2 atom stereocenters. The average Bonchev–Trinajstić information content (AvgIpc) is 2.73. The normalized spacial score (nSPS) is 12.5. The molecular weight excluding hydrogens is 398 g/mol. The molecule has 0 aliphatic rings. The molecule has 0 saturated heterocycles. The summed E-state index contributed by atoms with van der Waals surface area (Å²) in [6.45, 7) is 3.78. The molecule has 0 radical (unpaired) electrons. The minimum absolute atomic E-state index is 0.0991. The summed E-state index contributed by atoms with van der Waals surface area (Å²) in [5, 5.41) is 15.0. The molecule has 5 N–H and O–H groups in total. The van der Waals surface area contributed by atoms with Crippen molar-refractivity contribution in [2.45, 2.75) is 45.4 Å². The predicted molar refractivity (Wildman–Crippen MR) is 116 cm³/mol. The van der Waals surface area contributed by atoms with E-state index in [2.05, 4.69) is 10.6 Å². The number of primary amides is 1. The number of aliphatic hydroxyl groups excluding tert-OH is 1. The van der Waals surface area contributed by atoms with Gasteiger partial charge >= 0.3 is 6.09 Å². The summed E-state index contributed by atoms with van der Waals surface area (Å²) in [6.07, 6.45) is -1.87. The van der Waals surface area contributed by atoms with Crippen LogP contribution in [0.1, 0.15) is 28.7 Å². The molecule has 2 aromatic rings. The number of nitrogens with one attached hydrogen (secondary N) is 2. The number of ether oxygens (including phenoxy) is 1. The zero-order valence-electron chi connectivity index (χ0n) is 17.8. The van der Waals surface area contributed by atoms with Crippen molar-refractivity contribution in [1.29, 1.82) is 0 Å². The Hall–Kier alpha value is -3.39. The van der Waals surface area contributed by atoms with E-state index in [1.807, 2.05) is 62.4 Å². The van der Waals surface area contributed by atoms with Gasteiger partial charge in [-0.25, -0.2) is 4.79 Å². The maximum absolute atomic E-state index is 12.3. The van der Waals surface area contributed by atoms with Crippen LogP contribution in [0, 0.1) is 13.8 Å². The van der Waals surface area contributed by atoms with E-state index in [-0.39, 0.29) is 26.0 Å². The third-order valence-electron chi connectivity index (χ3n) is 4.85. The van der Waals surface area contributed by atoms with E-state index in [1.165, 1.54) is 0 Å². The minimum atomic E-state index is -1.14. The summed E-state index contributed by atoms with van der Waals surface area (Å²) in [4.78, 5) is 35.8. The highest BCUT2D eigenvalue weighted by Gasteiger charge is 2.22. The Bertz CT molecular complexity index is 881. The van der Waals surface area contributed by atoms with Crippen LogP contribution in [0.4, 0.5) is 4.79 Å². The van der Waals surface area contributed by atoms with Crippen LogP contribution in [0.2, 0.25) is 0 Å². The number of alkyl carbamates (subject to hydrolysis) is 1. The Morgan fingerprint density at radius 3 is 2.29 bits per heavy atom. The number of amides is 3. The highest BCUT2D eigenvalue weighted by molar-refractivity contribution is 5.87. The first-order valence-electron chi connectivity index (χ1n) is 10.0. The maximum atomic E-state index is 12.3. The van der Waals surface area contributed by atoms with Crippen LogP contribution in [0.15, 0.2) is 48.5 Å². The van der Waals surface area contributed by atoms with Gasteiger partial charge in [0.25, 0.3) is 0 Å². The SMILES string of the molecule is Cc1cccc(C)c1C[C@@H](NC(=O)C[C@@H](O)CNC(=O)OCc1ccccc1)C(N)=O. The quantitative estimate of drug-likeness (QED) is 0.456. The molecule has 0 bridgehead atoms. The summed E-state index contributed by atoms with van der Waals surface area (Å²) in [5.74, 6) is -1.20. The van der Waals surface area contributed by atoms with Crippen molar-refractivity contribution < 1.29 is 24.2 Å². The molecule has 0 unspecified atom stereocenters. The smallest absolute Gasteiger partial charge is 0.407 e. The molecule has 8 heteroatoms. The van der Waals surface area contributed by atoms with E-state index in [0.29, 0.717) is 0 Å². The monoisotopic (exact) mass is 427 g/mol. The van der Waals surface area contributed by atoms with Gasteiger partial charge in [-0.1, -0.05) is 48.5 Å². The van der Waals surface area contributed by atoms with Crippen LogP contribution in [-0.2, 0) is 27.4 Å². The molecule has 0 heterocycles. The van der Waals surface area contributed by atoms with Gasteiger partial charge in [0.2, 0.25) is 11.8 Å². The van der Waals surface area contributed by atoms with Gasteiger partial charge in [0.1, 0.15) is 12.6 Å². The van der Waals surface area contributed by atoms with Crippen molar-refractivity contribution in [1.82, 2.24) is 10.6 Å². The van der Waals surface area contributed by atoms with Gasteiger partial charge in [0.05, 0.1) is 12.5 Å². The number of carbonyl (C=O) groups excluding carboxylic acids is 3. The van der Waals surface area contributed by atoms with E-state index in [4.69, 9.17) is 10.5 Å². The fraction of sp³-hybridized carbons (Fsp3) is 0.348. The first-order valence-corrected chi connectivity index (χ1v) is 10.0. The number of aryl methyl sites for hydroxylation is 2. The van der Waals surface area contributed by atoms with Gasteiger partial charge < -0.3 is 26.2 Å². The third-order valence-corrected chi connectivity index (χ3v) is 4.85. The number of carbonyl (C=O) groups is 3. The van der Waals surface area contributed by atoms with Crippen LogP contribution in [-0.4, -0.2) is 41.7 Å². The average molecular weight is 428 g/mol. The second kappa shape index (κ2) is 11.7. The van der Waals surface area contributed by atoms with Crippen LogP contribution < -0.4 is 16.4 Å². The van der Waals surface area contributed by atoms with Crippen molar-refractivity contribution in [3.05, 3.63) is 70.8 Å². The first kappa shape index (κ1) is 23.9. The van der Waals surface area contributed by atoms with Crippen LogP contribution in [0.25, 0.3) is 0 Å². The molecule has 0 aromatic heterocycles. The second-order valence-electron chi connectivity index (χ2n) is 7.40. The number of nitrogens with two attached hydrogens (primary N) is 1. The van der Waals surface area contributed by atoms with Gasteiger partial charge in [-0.2, -0.15) is 0 Å². The van der Waals surface area contributed by atoms with Crippen molar-refractivity contribution in [2.24, 2.45) is 5.73 Å². The molecule has 0 saturated carbocycles. The molecule has 31 heavy (non-hydrogen) atoms. The van der Waals surface area contributed by atoms with Gasteiger partial charge in [0, 0.05) is 13.0 Å². The molecule has 0 spiro atoms. The Balaban J connectivity index is 1.78. The lowest BCUT2D eigenvalue weighted by molar-refractivity contribution is -0.128. The van der Waals surface area contributed by atoms with Crippen LogP contribution in [0.3, 0.4) is 0 Å². The van der Waals surface area contributed by atoms with Crippen molar-refractivity contribution in [3.8, 4) is 0 Å². The largest absolute Gasteiger partial charge is 0.445 e. The standard InChI is InChI=1S/C23H29N3O5/c1-15-7-6-8-16(2)19(15)12-20(22(24)29)26-21(28)11-18(27)13-25-23(30)31-14-17-9-4-3-5-10-17/h3-10,18,20,27H,11-14H2,1-2H3,(H2,24,29)(H,25,30)(H,26,28)/t18-,20-/m1/s1. The molecule has 2 aromatic carbocycles. The highest BCUT2D eigenvalue weighted by atomic mass is 16.5. The van der Waals surface area contributed by atoms with Crippen LogP contribution >= 0.6 is 0 Å². The highest BCUT2D eigenvalue weighted by Crippen LogP contribution is 2.15. The Morgan fingerprint density at radius 2 is 1.68 bits per heavy atom. The summed E-state index contributed by atoms with van der Waals surface area (Å²) >= 11 is 0. The molecule has 2 rings (SSSR count). The second-order valence-corrected chi connectivity index (χ2v) is 7.40.